The molecule has 92 valence electrons. The van der Waals surface area contributed by atoms with Crippen LogP contribution < -0.4 is 5.73 Å². The molecule has 0 bridgehead atoms. The van der Waals surface area contributed by atoms with Gasteiger partial charge in [-0.25, -0.2) is 0 Å². The Bertz CT molecular complexity index is 355. The first-order valence-corrected chi connectivity index (χ1v) is 6.21. The molecule has 0 radical (unpaired) electrons. The topological polar surface area (TPSA) is 43.8 Å². The van der Waals surface area contributed by atoms with E-state index in [1.807, 2.05) is 11.6 Å². The van der Waals surface area contributed by atoms with Gasteiger partial charge < -0.3 is 5.73 Å². The molecule has 0 spiro atoms. The van der Waals surface area contributed by atoms with Crippen LogP contribution in [0.5, 0.6) is 0 Å². The van der Waals surface area contributed by atoms with Crippen molar-refractivity contribution in [1.82, 2.24) is 9.78 Å². The number of aryl methyl sites for hydroxylation is 2. The lowest BCUT2D eigenvalue weighted by Crippen LogP contribution is -2.21. The zero-order chi connectivity index (χ0) is 12.3. The molecule has 0 unspecified atom stereocenters. The van der Waals surface area contributed by atoms with Gasteiger partial charge in [0.25, 0.3) is 0 Å². The quantitative estimate of drug-likeness (QED) is 0.864. The van der Waals surface area contributed by atoms with Crippen molar-refractivity contribution in [3.05, 3.63) is 16.4 Å². The van der Waals surface area contributed by atoms with E-state index >= 15 is 0 Å². The molecular formula is C12H22ClN3. The fourth-order valence-corrected chi connectivity index (χ4v) is 2.17. The highest BCUT2D eigenvalue weighted by molar-refractivity contribution is 6.31. The average Bonchev–Trinajstić information content (AvgIpc) is 2.45. The van der Waals surface area contributed by atoms with Crippen molar-refractivity contribution in [1.29, 1.82) is 0 Å². The molecule has 0 aliphatic heterocycles. The van der Waals surface area contributed by atoms with Crippen molar-refractivity contribution in [2.45, 2.75) is 47.1 Å². The van der Waals surface area contributed by atoms with Crippen LogP contribution in [0.25, 0.3) is 0 Å². The molecule has 2 N–H and O–H groups in total. The summed E-state index contributed by atoms with van der Waals surface area (Å²) in [7, 11) is 0. The highest BCUT2D eigenvalue weighted by Gasteiger charge is 2.23. The first kappa shape index (κ1) is 13.5. The van der Waals surface area contributed by atoms with Crippen molar-refractivity contribution < 1.29 is 0 Å². The van der Waals surface area contributed by atoms with E-state index in [0.29, 0.717) is 6.54 Å². The zero-order valence-electron chi connectivity index (χ0n) is 10.7. The van der Waals surface area contributed by atoms with Gasteiger partial charge in [-0.05, 0) is 38.6 Å². The van der Waals surface area contributed by atoms with Crippen LogP contribution in [0, 0.1) is 12.3 Å². The SMILES string of the molecule is CCn1nc(C)c(Cl)c1CC(C)(C)CCN. The molecule has 0 saturated heterocycles. The molecule has 1 aromatic heterocycles. The van der Waals surface area contributed by atoms with Crippen LogP contribution in [-0.2, 0) is 13.0 Å². The first-order chi connectivity index (χ1) is 7.41. The second-order valence-corrected chi connectivity index (χ2v) is 5.42. The highest BCUT2D eigenvalue weighted by atomic mass is 35.5. The van der Waals surface area contributed by atoms with Crippen molar-refractivity contribution >= 4 is 11.6 Å². The largest absolute Gasteiger partial charge is 0.330 e. The van der Waals surface area contributed by atoms with Crippen molar-refractivity contribution in [3.8, 4) is 0 Å². The van der Waals surface area contributed by atoms with E-state index < -0.39 is 0 Å². The van der Waals surface area contributed by atoms with Gasteiger partial charge in [-0.3, -0.25) is 4.68 Å². The van der Waals surface area contributed by atoms with E-state index in [0.717, 1.165) is 35.8 Å². The standard InChI is InChI=1S/C12H22ClN3/c1-5-16-10(11(13)9(2)15-16)8-12(3,4)6-7-14/h5-8,14H2,1-4H3. The van der Waals surface area contributed by atoms with Gasteiger partial charge in [0.2, 0.25) is 0 Å². The Morgan fingerprint density at radius 3 is 2.56 bits per heavy atom. The van der Waals surface area contributed by atoms with E-state index in [1.54, 1.807) is 0 Å². The molecule has 1 rings (SSSR count). The molecule has 0 atom stereocenters. The summed E-state index contributed by atoms with van der Waals surface area (Å²) in [5, 5.41) is 5.24. The second-order valence-electron chi connectivity index (χ2n) is 5.04. The van der Waals surface area contributed by atoms with Crippen LogP contribution in [0.2, 0.25) is 5.02 Å². The molecule has 0 amide bonds. The third-order valence-electron chi connectivity index (χ3n) is 2.92. The molecule has 16 heavy (non-hydrogen) atoms. The fraction of sp³-hybridized carbons (Fsp3) is 0.750. The minimum absolute atomic E-state index is 0.178. The number of nitrogens with two attached hydrogens (primary N) is 1. The Morgan fingerprint density at radius 1 is 1.44 bits per heavy atom. The fourth-order valence-electron chi connectivity index (χ4n) is 1.97. The Hall–Kier alpha value is -0.540. The average molecular weight is 244 g/mol. The summed E-state index contributed by atoms with van der Waals surface area (Å²) in [5.74, 6) is 0. The maximum absolute atomic E-state index is 6.28. The number of halogens is 1. The lowest BCUT2D eigenvalue weighted by atomic mass is 9.84. The van der Waals surface area contributed by atoms with Gasteiger partial charge in [0.1, 0.15) is 0 Å². The third kappa shape index (κ3) is 2.98. The molecule has 0 saturated carbocycles. The predicted octanol–water partition coefficient (Wildman–Crippen LogP) is 2.78. The molecule has 3 nitrogen and oxygen atoms in total. The van der Waals surface area contributed by atoms with E-state index in [2.05, 4.69) is 25.9 Å². The van der Waals surface area contributed by atoms with Crippen LogP contribution in [0.4, 0.5) is 0 Å². The molecule has 4 heteroatoms. The summed E-state index contributed by atoms with van der Waals surface area (Å²) < 4.78 is 2.00. The van der Waals surface area contributed by atoms with Crippen LogP contribution in [0.1, 0.15) is 38.6 Å². The minimum atomic E-state index is 0.178. The normalized spacial score (nSPS) is 12.1. The lowest BCUT2D eigenvalue weighted by Gasteiger charge is -2.24. The molecule has 0 aromatic carbocycles. The highest BCUT2D eigenvalue weighted by Crippen LogP contribution is 2.30. The summed E-state index contributed by atoms with van der Waals surface area (Å²) in [6.45, 7) is 10.1. The second kappa shape index (κ2) is 5.19. The first-order valence-electron chi connectivity index (χ1n) is 5.83. The molecular weight excluding hydrogens is 222 g/mol. The predicted molar refractivity (Wildman–Crippen MR) is 68.8 cm³/mol. The number of aromatic nitrogens is 2. The Kier molecular flexibility index (Phi) is 4.39. The third-order valence-corrected chi connectivity index (χ3v) is 3.41. The molecule has 1 heterocycles. The summed E-state index contributed by atoms with van der Waals surface area (Å²) in [4.78, 5) is 0. The molecule has 0 fully saturated rings. The smallest absolute Gasteiger partial charge is 0.0847 e. The number of nitrogens with zero attached hydrogens (tertiary/aromatic N) is 2. The van der Waals surface area contributed by atoms with Crippen molar-refractivity contribution in [2.24, 2.45) is 11.1 Å². The minimum Gasteiger partial charge on any atom is -0.330 e. The molecule has 0 aliphatic carbocycles. The van der Waals surface area contributed by atoms with E-state index in [9.17, 15) is 0 Å². The summed E-state index contributed by atoms with van der Waals surface area (Å²) in [6, 6.07) is 0. The Morgan fingerprint density at radius 2 is 2.06 bits per heavy atom. The number of hydrogen-bond acceptors (Lipinski definition) is 2. The van der Waals surface area contributed by atoms with Gasteiger partial charge in [-0.1, -0.05) is 25.4 Å². The van der Waals surface area contributed by atoms with E-state index in [-0.39, 0.29) is 5.41 Å². The Balaban J connectivity index is 2.95. The van der Waals surface area contributed by atoms with Gasteiger partial charge in [0.15, 0.2) is 0 Å². The summed E-state index contributed by atoms with van der Waals surface area (Å²) in [6.07, 6.45) is 1.93. The van der Waals surface area contributed by atoms with Crippen molar-refractivity contribution in [3.63, 3.8) is 0 Å². The zero-order valence-corrected chi connectivity index (χ0v) is 11.4. The maximum atomic E-state index is 6.28. The van der Waals surface area contributed by atoms with Crippen LogP contribution in [0.15, 0.2) is 0 Å². The summed E-state index contributed by atoms with van der Waals surface area (Å²) >= 11 is 6.28. The van der Waals surface area contributed by atoms with E-state index in [4.69, 9.17) is 17.3 Å². The van der Waals surface area contributed by atoms with Gasteiger partial charge in [-0.2, -0.15) is 5.10 Å². The molecule has 0 aliphatic rings. The van der Waals surface area contributed by atoms with Crippen LogP contribution in [0.3, 0.4) is 0 Å². The molecule has 1 aromatic rings. The monoisotopic (exact) mass is 243 g/mol. The number of hydrogen-bond donors (Lipinski definition) is 1. The number of rotatable bonds is 5. The van der Waals surface area contributed by atoms with Gasteiger partial charge in [0.05, 0.1) is 16.4 Å². The lowest BCUT2D eigenvalue weighted by molar-refractivity contribution is 0.328. The van der Waals surface area contributed by atoms with Gasteiger partial charge >= 0.3 is 0 Å². The van der Waals surface area contributed by atoms with Crippen molar-refractivity contribution in [2.75, 3.05) is 6.54 Å². The van der Waals surface area contributed by atoms with Crippen LogP contribution >= 0.6 is 11.6 Å². The van der Waals surface area contributed by atoms with Gasteiger partial charge in [-0.15, -0.1) is 0 Å². The maximum Gasteiger partial charge on any atom is 0.0847 e. The van der Waals surface area contributed by atoms with E-state index in [1.165, 1.54) is 0 Å². The Labute approximate surface area is 103 Å². The van der Waals surface area contributed by atoms with Crippen LogP contribution in [-0.4, -0.2) is 16.3 Å². The van der Waals surface area contributed by atoms with Gasteiger partial charge in [0, 0.05) is 6.54 Å². The summed E-state index contributed by atoms with van der Waals surface area (Å²) in [5.41, 5.74) is 7.86.